The molecule has 0 saturated carbocycles. The molecule has 0 bridgehead atoms. The minimum Gasteiger partial charge on any atom is -0.388 e. The number of aliphatic hydroxyl groups excluding tert-OH is 1. The second-order valence-corrected chi connectivity index (χ2v) is 5.98. The molecule has 1 N–H and O–H groups in total. The first-order chi connectivity index (χ1) is 9.52. The van der Waals surface area contributed by atoms with Crippen LogP contribution in [0.2, 0.25) is 0 Å². The van der Waals surface area contributed by atoms with Crippen LogP contribution in [-0.4, -0.2) is 35.8 Å². The Morgan fingerprint density at radius 1 is 1.60 bits per heavy atom. The fourth-order valence-corrected chi connectivity index (χ4v) is 3.53. The van der Waals surface area contributed by atoms with Crippen molar-refractivity contribution in [1.29, 1.82) is 0 Å². The summed E-state index contributed by atoms with van der Waals surface area (Å²) in [5.74, 6) is 0. The van der Waals surface area contributed by atoms with Crippen molar-refractivity contribution in [3.63, 3.8) is 0 Å². The molecule has 0 amide bonds. The minimum atomic E-state index is -0.673. The van der Waals surface area contributed by atoms with Crippen LogP contribution in [0, 0.1) is 10.1 Å². The monoisotopic (exact) mass is 300 g/mol. The zero-order valence-electron chi connectivity index (χ0n) is 11.7. The number of hydrogen-bond donors (Lipinski definition) is 1. The first kappa shape index (κ1) is 15.2. The Hall–Kier alpha value is -1.18. The van der Waals surface area contributed by atoms with Gasteiger partial charge in [-0.25, -0.2) is 0 Å². The highest BCUT2D eigenvalue weighted by Gasteiger charge is 2.28. The summed E-state index contributed by atoms with van der Waals surface area (Å²) < 4.78 is 5.59. The molecule has 7 heteroatoms. The van der Waals surface area contributed by atoms with Crippen molar-refractivity contribution in [2.75, 3.05) is 24.6 Å². The highest BCUT2D eigenvalue weighted by molar-refractivity contribution is 7.16. The van der Waals surface area contributed by atoms with E-state index in [9.17, 15) is 15.2 Å². The number of thiophene rings is 1. The highest BCUT2D eigenvalue weighted by atomic mass is 32.1. The van der Waals surface area contributed by atoms with Gasteiger partial charge < -0.3 is 14.7 Å². The van der Waals surface area contributed by atoms with E-state index in [1.165, 1.54) is 17.4 Å². The van der Waals surface area contributed by atoms with Gasteiger partial charge in [-0.15, -0.1) is 11.3 Å². The predicted molar refractivity (Wildman–Crippen MR) is 78.5 cm³/mol. The van der Waals surface area contributed by atoms with E-state index in [1.54, 1.807) is 6.92 Å². The number of anilines is 1. The van der Waals surface area contributed by atoms with Crippen LogP contribution in [0.25, 0.3) is 0 Å². The molecule has 112 valence electrons. The maximum absolute atomic E-state index is 11.1. The van der Waals surface area contributed by atoms with Crippen molar-refractivity contribution < 1.29 is 14.8 Å². The summed E-state index contributed by atoms with van der Waals surface area (Å²) in [4.78, 5) is 13.4. The van der Waals surface area contributed by atoms with Crippen molar-refractivity contribution in [2.45, 2.75) is 38.9 Å². The molecule has 6 nitrogen and oxygen atoms in total. The van der Waals surface area contributed by atoms with Gasteiger partial charge in [0.2, 0.25) is 0 Å². The van der Waals surface area contributed by atoms with Gasteiger partial charge in [-0.2, -0.15) is 0 Å². The van der Waals surface area contributed by atoms with Crippen LogP contribution in [0.1, 0.15) is 37.7 Å². The number of nitrogens with zero attached hydrogens (tertiary/aromatic N) is 2. The van der Waals surface area contributed by atoms with E-state index >= 15 is 0 Å². The van der Waals surface area contributed by atoms with Gasteiger partial charge in [-0.3, -0.25) is 10.1 Å². The largest absolute Gasteiger partial charge is 0.388 e. The first-order valence-electron chi connectivity index (χ1n) is 6.85. The van der Waals surface area contributed by atoms with Crippen molar-refractivity contribution in [3.05, 3.63) is 21.1 Å². The van der Waals surface area contributed by atoms with E-state index in [0.29, 0.717) is 16.5 Å². The van der Waals surface area contributed by atoms with Gasteiger partial charge in [0.1, 0.15) is 0 Å². The van der Waals surface area contributed by atoms with Crippen LogP contribution in [-0.2, 0) is 4.74 Å². The summed E-state index contributed by atoms with van der Waals surface area (Å²) >= 11 is 1.31. The SMILES string of the molecule is CCOC1CCN(c2sc([C@@H](C)O)cc2[N+](=O)[O-])CC1. The molecule has 1 fully saturated rings. The van der Waals surface area contributed by atoms with E-state index in [1.807, 2.05) is 11.8 Å². The second kappa shape index (κ2) is 6.51. The van der Waals surface area contributed by atoms with Gasteiger partial charge in [0, 0.05) is 30.6 Å². The Morgan fingerprint density at radius 3 is 2.75 bits per heavy atom. The molecule has 0 radical (unpaired) electrons. The second-order valence-electron chi connectivity index (χ2n) is 4.91. The fourth-order valence-electron chi connectivity index (χ4n) is 2.41. The molecular formula is C13H20N2O4S. The fraction of sp³-hybridized carbons (Fsp3) is 0.692. The van der Waals surface area contributed by atoms with Gasteiger partial charge in [0.05, 0.1) is 17.1 Å². The molecule has 20 heavy (non-hydrogen) atoms. The van der Waals surface area contributed by atoms with Crippen LogP contribution in [0.5, 0.6) is 0 Å². The van der Waals surface area contributed by atoms with Crippen molar-refractivity contribution in [1.82, 2.24) is 0 Å². The highest BCUT2D eigenvalue weighted by Crippen LogP contribution is 2.41. The Morgan fingerprint density at radius 2 is 2.25 bits per heavy atom. The molecule has 0 aromatic carbocycles. The zero-order valence-corrected chi connectivity index (χ0v) is 12.6. The quantitative estimate of drug-likeness (QED) is 0.668. The topological polar surface area (TPSA) is 75.8 Å². The molecule has 1 aliphatic heterocycles. The molecule has 0 aliphatic carbocycles. The summed E-state index contributed by atoms with van der Waals surface area (Å²) in [5, 5.41) is 21.4. The van der Waals surface area contributed by atoms with Crippen LogP contribution in [0.4, 0.5) is 10.7 Å². The predicted octanol–water partition coefficient (Wildman–Crippen LogP) is 2.71. The number of aliphatic hydroxyl groups is 1. The Balaban J connectivity index is 2.14. The first-order valence-corrected chi connectivity index (χ1v) is 7.67. The van der Waals surface area contributed by atoms with Gasteiger partial charge >= 0.3 is 5.69 Å². The lowest BCUT2D eigenvalue weighted by Crippen LogP contribution is -2.36. The van der Waals surface area contributed by atoms with E-state index in [2.05, 4.69) is 0 Å². The molecule has 2 rings (SSSR count). The Kier molecular flexibility index (Phi) is 4.95. The van der Waals surface area contributed by atoms with Gasteiger partial charge in [-0.05, 0) is 26.7 Å². The van der Waals surface area contributed by atoms with Crippen molar-refractivity contribution >= 4 is 22.0 Å². The molecule has 0 spiro atoms. The maximum atomic E-state index is 11.1. The smallest absolute Gasteiger partial charge is 0.304 e. The number of piperidine rings is 1. The van der Waals surface area contributed by atoms with Crippen molar-refractivity contribution in [3.8, 4) is 0 Å². The lowest BCUT2D eigenvalue weighted by Gasteiger charge is -2.31. The van der Waals surface area contributed by atoms with Gasteiger partial charge in [0.15, 0.2) is 5.00 Å². The molecule has 1 aromatic heterocycles. The lowest BCUT2D eigenvalue weighted by atomic mass is 10.1. The number of nitro groups is 1. The third-order valence-corrected chi connectivity index (χ3v) is 4.81. The van der Waals surface area contributed by atoms with Crippen molar-refractivity contribution in [2.24, 2.45) is 0 Å². The molecule has 1 saturated heterocycles. The molecule has 2 heterocycles. The molecular weight excluding hydrogens is 280 g/mol. The maximum Gasteiger partial charge on any atom is 0.304 e. The number of rotatable bonds is 5. The number of hydrogen-bond acceptors (Lipinski definition) is 6. The van der Waals surface area contributed by atoms with E-state index in [-0.39, 0.29) is 16.7 Å². The van der Waals surface area contributed by atoms with Crippen LogP contribution < -0.4 is 4.90 Å². The normalized spacial score (nSPS) is 18.2. The summed E-state index contributed by atoms with van der Waals surface area (Å²) in [6.45, 7) is 5.82. The van der Waals surface area contributed by atoms with Crippen LogP contribution >= 0.6 is 11.3 Å². The van der Waals surface area contributed by atoms with Gasteiger partial charge in [0.25, 0.3) is 0 Å². The standard InChI is InChI=1S/C13H20N2O4S/c1-3-19-10-4-6-14(7-5-10)13-11(15(17)18)8-12(20-13)9(2)16/h8-10,16H,3-7H2,1-2H3/t9-/m1/s1. The van der Waals surface area contributed by atoms with Gasteiger partial charge in [-0.1, -0.05) is 0 Å². The Labute approximate surface area is 122 Å². The lowest BCUT2D eigenvalue weighted by molar-refractivity contribution is -0.383. The average molecular weight is 300 g/mol. The Bertz CT molecular complexity index is 467. The van der Waals surface area contributed by atoms with E-state index < -0.39 is 6.10 Å². The molecule has 1 atom stereocenters. The third-order valence-electron chi connectivity index (χ3n) is 3.45. The summed E-state index contributed by atoms with van der Waals surface area (Å²) in [6, 6.07) is 1.49. The van der Waals surface area contributed by atoms with E-state index in [4.69, 9.17) is 4.74 Å². The van der Waals surface area contributed by atoms with Crippen LogP contribution in [0.15, 0.2) is 6.07 Å². The summed E-state index contributed by atoms with van der Waals surface area (Å²) in [7, 11) is 0. The number of ether oxygens (including phenoxy) is 1. The average Bonchev–Trinajstić information content (AvgIpc) is 2.85. The third kappa shape index (κ3) is 3.28. The minimum absolute atomic E-state index is 0.0979. The zero-order chi connectivity index (χ0) is 14.7. The summed E-state index contributed by atoms with van der Waals surface area (Å²) in [6.07, 6.45) is 1.35. The molecule has 1 aliphatic rings. The molecule has 1 aromatic rings. The molecule has 0 unspecified atom stereocenters. The summed E-state index contributed by atoms with van der Waals surface area (Å²) in [5.41, 5.74) is 0.0979. The van der Waals surface area contributed by atoms with E-state index in [0.717, 1.165) is 25.9 Å². The van der Waals surface area contributed by atoms with Crippen LogP contribution in [0.3, 0.4) is 0 Å².